The lowest BCUT2D eigenvalue weighted by Crippen LogP contribution is -2.42. The van der Waals surface area contributed by atoms with Crippen LogP contribution in [0.1, 0.15) is 35.0 Å². The van der Waals surface area contributed by atoms with Crippen molar-refractivity contribution in [3.05, 3.63) is 71.5 Å². The molecule has 0 unspecified atom stereocenters. The number of nitrogens with one attached hydrogen (secondary N) is 2. The summed E-state index contributed by atoms with van der Waals surface area (Å²) in [6, 6.07) is 14.1. The summed E-state index contributed by atoms with van der Waals surface area (Å²) in [7, 11) is -3.28. The molecular weight excluding hydrogens is 505 g/mol. The lowest BCUT2D eigenvalue weighted by molar-refractivity contribution is -0.143. The van der Waals surface area contributed by atoms with Gasteiger partial charge < -0.3 is 24.6 Å². The summed E-state index contributed by atoms with van der Waals surface area (Å²) in [4.78, 5) is 26.3. The maximum absolute atomic E-state index is 15.8. The number of aliphatic hydroxyl groups is 1. The molecule has 5 rings (SSSR count). The van der Waals surface area contributed by atoms with Gasteiger partial charge >= 0.3 is 0 Å². The average molecular weight is 538 g/mol. The first-order chi connectivity index (χ1) is 18.1. The number of amides is 2. The molecule has 0 saturated carbocycles. The minimum Gasteiger partial charge on any atom is -0.396 e. The molecule has 3 heterocycles. The zero-order valence-corrected chi connectivity index (χ0v) is 22.6. The van der Waals surface area contributed by atoms with Gasteiger partial charge in [0, 0.05) is 59.7 Å². The SMILES string of the molecule is C[C@@H]1[C@@H]([Si](C)(C)F)[C@H](CCn2cc(CCO)nn2)O[C@@]12C(=O)Nc1ccc(NC(=O)c3ccccc3)cc12. The average Bonchev–Trinajstić information content (AvgIpc) is 3.53. The van der Waals surface area contributed by atoms with Gasteiger partial charge in [0.05, 0.1) is 11.8 Å². The molecule has 38 heavy (non-hydrogen) atoms. The molecule has 1 aromatic heterocycles. The Bertz CT molecular complexity index is 1340. The van der Waals surface area contributed by atoms with Crippen LogP contribution in [0.3, 0.4) is 0 Å². The van der Waals surface area contributed by atoms with Gasteiger partial charge in [-0.05, 0) is 49.8 Å². The van der Waals surface area contributed by atoms with Crippen molar-refractivity contribution in [2.75, 3.05) is 17.2 Å². The Labute approximate surface area is 221 Å². The number of carbonyl (C=O) groups excluding carboxylic acids is 2. The van der Waals surface area contributed by atoms with Crippen molar-refractivity contribution < 1.29 is 23.5 Å². The van der Waals surface area contributed by atoms with Gasteiger partial charge in [0.2, 0.25) is 8.41 Å². The Hall–Kier alpha value is -3.41. The van der Waals surface area contributed by atoms with E-state index in [4.69, 9.17) is 9.84 Å². The zero-order valence-electron chi connectivity index (χ0n) is 21.6. The van der Waals surface area contributed by atoms with E-state index in [2.05, 4.69) is 20.9 Å². The van der Waals surface area contributed by atoms with Crippen LogP contribution >= 0.6 is 0 Å². The molecule has 2 aromatic carbocycles. The highest BCUT2D eigenvalue weighted by molar-refractivity contribution is 6.72. The fourth-order valence-corrected chi connectivity index (χ4v) is 8.49. The molecule has 1 spiro atoms. The van der Waals surface area contributed by atoms with E-state index in [1.165, 1.54) is 0 Å². The molecule has 11 heteroatoms. The van der Waals surface area contributed by atoms with E-state index >= 15 is 4.11 Å². The Balaban J connectivity index is 1.44. The number of fused-ring (bicyclic) bond motifs is 2. The zero-order chi connectivity index (χ0) is 27.1. The number of carbonyl (C=O) groups is 2. The van der Waals surface area contributed by atoms with Crippen LogP contribution in [0.25, 0.3) is 0 Å². The van der Waals surface area contributed by atoms with Crippen LogP contribution in [0.2, 0.25) is 18.6 Å². The topological polar surface area (TPSA) is 118 Å². The van der Waals surface area contributed by atoms with Gasteiger partial charge in [0.1, 0.15) is 0 Å². The van der Waals surface area contributed by atoms with Gasteiger partial charge in [0.25, 0.3) is 11.8 Å². The number of anilines is 2. The molecule has 2 aliphatic heterocycles. The van der Waals surface area contributed by atoms with Crippen molar-refractivity contribution in [1.29, 1.82) is 0 Å². The second-order valence-electron chi connectivity index (χ2n) is 10.5. The minimum absolute atomic E-state index is 0.0174. The number of aryl methyl sites for hydroxylation is 1. The van der Waals surface area contributed by atoms with Crippen LogP contribution in [0, 0.1) is 5.92 Å². The molecule has 1 fully saturated rings. The van der Waals surface area contributed by atoms with Gasteiger partial charge in [-0.1, -0.05) is 30.3 Å². The van der Waals surface area contributed by atoms with Crippen molar-refractivity contribution in [3.63, 3.8) is 0 Å². The fraction of sp³-hybridized carbons (Fsp3) is 0.407. The number of hydrogen-bond donors (Lipinski definition) is 3. The van der Waals surface area contributed by atoms with Crippen LogP contribution in [0.4, 0.5) is 15.5 Å². The van der Waals surface area contributed by atoms with Gasteiger partial charge in [-0.15, -0.1) is 5.10 Å². The molecule has 9 nitrogen and oxygen atoms in total. The van der Waals surface area contributed by atoms with E-state index in [1.807, 2.05) is 13.0 Å². The Morgan fingerprint density at radius 1 is 1.26 bits per heavy atom. The highest BCUT2D eigenvalue weighted by Crippen LogP contribution is 2.59. The molecule has 2 aliphatic rings. The van der Waals surface area contributed by atoms with Crippen molar-refractivity contribution in [1.82, 2.24) is 15.0 Å². The summed E-state index contributed by atoms with van der Waals surface area (Å²) in [5.41, 5.74) is 1.12. The van der Waals surface area contributed by atoms with Crippen LogP contribution in [-0.4, -0.2) is 53.0 Å². The number of ether oxygens (including phenoxy) is 1. The second-order valence-corrected chi connectivity index (χ2v) is 14.3. The summed E-state index contributed by atoms with van der Waals surface area (Å²) >= 11 is 0. The third-order valence-corrected chi connectivity index (χ3v) is 10.1. The molecule has 0 radical (unpaired) electrons. The highest BCUT2D eigenvalue weighted by atomic mass is 28.4. The molecule has 3 aromatic rings. The number of benzene rings is 2. The molecule has 200 valence electrons. The van der Waals surface area contributed by atoms with E-state index < -0.39 is 31.6 Å². The molecular formula is C27H32FN5O4Si. The summed E-state index contributed by atoms with van der Waals surface area (Å²) in [5, 5.41) is 23.1. The van der Waals surface area contributed by atoms with Crippen molar-refractivity contribution >= 4 is 31.6 Å². The first-order valence-electron chi connectivity index (χ1n) is 12.8. The normalized spacial score (nSPS) is 24.4. The van der Waals surface area contributed by atoms with Crippen LogP contribution < -0.4 is 10.6 Å². The quantitative estimate of drug-likeness (QED) is 0.296. The smallest absolute Gasteiger partial charge is 0.261 e. The maximum Gasteiger partial charge on any atom is 0.261 e. The van der Waals surface area contributed by atoms with E-state index in [9.17, 15) is 9.59 Å². The molecule has 0 aliphatic carbocycles. The number of rotatable bonds is 8. The van der Waals surface area contributed by atoms with Crippen molar-refractivity contribution in [3.8, 4) is 0 Å². The lowest BCUT2D eigenvalue weighted by atomic mass is 9.82. The molecule has 3 N–H and O–H groups in total. The summed E-state index contributed by atoms with van der Waals surface area (Å²) in [6.07, 6.45) is 2.11. The standard InChI is InChI=1S/C27H32FN5O4Si/c1-17-24(38(2,3)28)23(11-13-33-16-20(12-14-34)31-32-33)37-27(17)21-15-19(9-10-22(21)30-26(27)36)29-25(35)18-7-5-4-6-8-18/h4-10,15-17,23-24,34H,11-14H2,1-3H3,(H,29,35)(H,30,36)/t17-,23+,24-,27+/m1/s1. The third-order valence-electron chi connectivity index (χ3n) is 7.61. The summed E-state index contributed by atoms with van der Waals surface area (Å²) in [5.74, 6) is -1.01. The fourth-order valence-electron chi connectivity index (χ4n) is 5.94. The minimum atomic E-state index is -3.28. The lowest BCUT2D eigenvalue weighted by Gasteiger charge is -2.30. The second kappa shape index (κ2) is 10.0. The van der Waals surface area contributed by atoms with Crippen LogP contribution in [0.15, 0.2) is 54.7 Å². The predicted octanol–water partition coefficient (Wildman–Crippen LogP) is 3.88. The predicted molar refractivity (Wildman–Crippen MR) is 143 cm³/mol. The van der Waals surface area contributed by atoms with E-state index in [-0.39, 0.29) is 18.4 Å². The van der Waals surface area contributed by atoms with Crippen LogP contribution in [-0.2, 0) is 28.1 Å². The van der Waals surface area contributed by atoms with Gasteiger partial charge in [-0.3, -0.25) is 14.3 Å². The Morgan fingerprint density at radius 3 is 2.74 bits per heavy atom. The number of nitrogens with zero attached hydrogens (tertiary/aromatic N) is 3. The van der Waals surface area contributed by atoms with Crippen molar-refractivity contribution in [2.24, 2.45) is 5.92 Å². The molecule has 0 bridgehead atoms. The number of hydrogen-bond acceptors (Lipinski definition) is 6. The van der Waals surface area contributed by atoms with E-state index in [1.54, 1.807) is 66.4 Å². The summed E-state index contributed by atoms with van der Waals surface area (Å²) < 4.78 is 24.1. The van der Waals surface area contributed by atoms with Crippen molar-refractivity contribution in [2.45, 2.75) is 56.7 Å². The van der Waals surface area contributed by atoms with Gasteiger partial charge in [-0.2, -0.15) is 0 Å². The number of aliphatic hydroxyl groups excluding tert-OH is 1. The Morgan fingerprint density at radius 2 is 2.03 bits per heavy atom. The van der Waals surface area contributed by atoms with Gasteiger partial charge in [-0.25, -0.2) is 0 Å². The monoisotopic (exact) mass is 537 g/mol. The summed E-state index contributed by atoms with van der Waals surface area (Å²) in [6.45, 7) is 5.62. The molecule has 1 saturated heterocycles. The van der Waals surface area contributed by atoms with Crippen LogP contribution in [0.5, 0.6) is 0 Å². The van der Waals surface area contributed by atoms with E-state index in [0.717, 1.165) is 0 Å². The molecule has 2 amide bonds. The first kappa shape index (κ1) is 26.2. The highest BCUT2D eigenvalue weighted by Gasteiger charge is 2.65. The number of aromatic nitrogens is 3. The molecule has 4 atom stereocenters. The van der Waals surface area contributed by atoms with Gasteiger partial charge in [0.15, 0.2) is 5.60 Å². The number of halogens is 1. The third kappa shape index (κ3) is 4.65. The van der Waals surface area contributed by atoms with E-state index in [0.29, 0.717) is 47.6 Å². The maximum atomic E-state index is 15.8. The largest absolute Gasteiger partial charge is 0.396 e. The first-order valence-corrected chi connectivity index (χ1v) is 15.8. The Kier molecular flexibility index (Phi) is 6.93.